The maximum Gasteiger partial charge on any atom is 0.242 e. The van der Waals surface area contributed by atoms with Crippen molar-refractivity contribution >= 4 is 5.95 Å². The van der Waals surface area contributed by atoms with E-state index in [1.807, 2.05) is 48.5 Å². The second-order valence-corrected chi connectivity index (χ2v) is 5.24. The Morgan fingerprint density at radius 2 is 1.88 bits per heavy atom. The first kappa shape index (κ1) is 15.8. The summed E-state index contributed by atoms with van der Waals surface area (Å²) in [6.07, 6.45) is 0. The molecule has 124 valence electrons. The monoisotopic (exact) mass is 325 g/mol. The SMILES string of the molecule is COc1cc(CNc2nnnn2C)ccc1OCc1ccccc1. The lowest BCUT2D eigenvalue weighted by molar-refractivity contribution is 0.284. The molecule has 1 N–H and O–H groups in total. The molecule has 0 bridgehead atoms. The Balaban J connectivity index is 1.65. The lowest BCUT2D eigenvalue weighted by Crippen LogP contribution is -2.06. The lowest BCUT2D eigenvalue weighted by atomic mass is 10.2. The van der Waals surface area contributed by atoms with Gasteiger partial charge in [-0.3, -0.25) is 0 Å². The molecule has 2 aromatic carbocycles. The van der Waals surface area contributed by atoms with Gasteiger partial charge in [0.15, 0.2) is 11.5 Å². The number of hydrogen-bond acceptors (Lipinski definition) is 6. The van der Waals surface area contributed by atoms with E-state index in [4.69, 9.17) is 9.47 Å². The fraction of sp³-hybridized carbons (Fsp3) is 0.235. The highest BCUT2D eigenvalue weighted by atomic mass is 16.5. The fourth-order valence-electron chi connectivity index (χ4n) is 2.24. The van der Waals surface area contributed by atoms with Gasteiger partial charge in [-0.25, -0.2) is 4.68 Å². The van der Waals surface area contributed by atoms with Gasteiger partial charge in [-0.15, -0.1) is 0 Å². The van der Waals surface area contributed by atoms with E-state index in [0.717, 1.165) is 11.1 Å². The zero-order valence-corrected chi connectivity index (χ0v) is 13.6. The lowest BCUT2D eigenvalue weighted by Gasteiger charge is -2.12. The third-order valence-corrected chi connectivity index (χ3v) is 3.54. The summed E-state index contributed by atoms with van der Waals surface area (Å²) in [6.45, 7) is 1.09. The minimum atomic E-state index is 0.499. The highest BCUT2D eigenvalue weighted by molar-refractivity contribution is 5.44. The van der Waals surface area contributed by atoms with Crippen LogP contribution in [0.3, 0.4) is 0 Å². The van der Waals surface area contributed by atoms with Gasteiger partial charge >= 0.3 is 0 Å². The maximum absolute atomic E-state index is 5.86. The Labute approximate surface area is 140 Å². The van der Waals surface area contributed by atoms with Crippen LogP contribution in [0.1, 0.15) is 11.1 Å². The topological polar surface area (TPSA) is 74.1 Å². The molecule has 1 aromatic heterocycles. The van der Waals surface area contributed by atoms with Crippen LogP contribution in [0.4, 0.5) is 5.95 Å². The number of aromatic nitrogens is 4. The van der Waals surface area contributed by atoms with E-state index in [1.54, 1.807) is 18.8 Å². The van der Waals surface area contributed by atoms with Crippen molar-refractivity contribution in [3.63, 3.8) is 0 Å². The summed E-state index contributed by atoms with van der Waals surface area (Å²) < 4.78 is 12.9. The van der Waals surface area contributed by atoms with E-state index < -0.39 is 0 Å². The second-order valence-electron chi connectivity index (χ2n) is 5.24. The molecule has 0 radical (unpaired) electrons. The normalized spacial score (nSPS) is 10.4. The standard InChI is InChI=1S/C17H19N5O2/c1-22-17(19-20-21-22)18-11-14-8-9-15(16(10-14)23-2)24-12-13-6-4-3-5-7-13/h3-10H,11-12H2,1-2H3,(H,18,19,21). The predicted octanol–water partition coefficient (Wildman–Crippen LogP) is 2.41. The number of rotatable bonds is 7. The summed E-state index contributed by atoms with van der Waals surface area (Å²) in [5.74, 6) is 2.02. The molecule has 0 amide bonds. The summed E-state index contributed by atoms with van der Waals surface area (Å²) in [4.78, 5) is 0. The van der Waals surface area contributed by atoms with E-state index in [0.29, 0.717) is 30.6 Å². The van der Waals surface area contributed by atoms with Crippen LogP contribution in [0.15, 0.2) is 48.5 Å². The van der Waals surface area contributed by atoms with Gasteiger partial charge in [0.25, 0.3) is 0 Å². The fourth-order valence-corrected chi connectivity index (χ4v) is 2.24. The summed E-state index contributed by atoms with van der Waals surface area (Å²) in [6, 6.07) is 15.9. The molecule has 0 saturated heterocycles. The van der Waals surface area contributed by atoms with Gasteiger partial charge in [0.05, 0.1) is 7.11 Å². The van der Waals surface area contributed by atoms with Crippen molar-refractivity contribution in [2.45, 2.75) is 13.2 Å². The molecule has 7 nitrogen and oxygen atoms in total. The number of methoxy groups -OCH3 is 1. The van der Waals surface area contributed by atoms with Crippen LogP contribution in [0, 0.1) is 0 Å². The van der Waals surface area contributed by atoms with Crippen molar-refractivity contribution in [3.05, 3.63) is 59.7 Å². The number of benzene rings is 2. The van der Waals surface area contributed by atoms with Crippen LogP contribution in [0.25, 0.3) is 0 Å². The van der Waals surface area contributed by atoms with Crippen molar-refractivity contribution < 1.29 is 9.47 Å². The highest BCUT2D eigenvalue weighted by Crippen LogP contribution is 2.29. The average Bonchev–Trinajstić information content (AvgIpc) is 3.04. The van der Waals surface area contributed by atoms with Gasteiger partial charge in [0.1, 0.15) is 6.61 Å². The molecular weight excluding hydrogens is 306 g/mol. The van der Waals surface area contributed by atoms with Gasteiger partial charge in [-0.1, -0.05) is 41.5 Å². The third-order valence-electron chi connectivity index (χ3n) is 3.54. The minimum Gasteiger partial charge on any atom is -0.493 e. The first-order valence-electron chi connectivity index (χ1n) is 7.56. The van der Waals surface area contributed by atoms with Crippen LogP contribution in [0.5, 0.6) is 11.5 Å². The number of nitrogens with zero attached hydrogens (tertiary/aromatic N) is 4. The van der Waals surface area contributed by atoms with Gasteiger partial charge in [-0.05, 0) is 33.7 Å². The van der Waals surface area contributed by atoms with Crippen molar-refractivity contribution in [2.24, 2.45) is 7.05 Å². The molecule has 3 rings (SSSR count). The number of nitrogens with one attached hydrogen (secondary N) is 1. The summed E-state index contributed by atoms with van der Waals surface area (Å²) in [5.41, 5.74) is 2.15. The predicted molar refractivity (Wildman–Crippen MR) is 89.9 cm³/mol. The van der Waals surface area contributed by atoms with Gasteiger partial charge in [0.2, 0.25) is 5.95 Å². The molecule has 0 aliphatic heterocycles. The molecule has 0 aliphatic carbocycles. The first-order chi connectivity index (χ1) is 11.8. The van der Waals surface area contributed by atoms with Gasteiger partial charge in [0, 0.05) is 13.6 Å². The molecule has 0 aliphatic rings. The highest BCUT2D eigenvalue weighted by Gasteiger charge is 2.07. The molecule has 0 spiro atoms. The molecule has 3 aromatic rings. The van der Waals surface area contributed by atoms with Crippen LogP contribution in [0.2, 0.25) is 0 Å². The smallest absolute Gasteiger partial charge is 0.242 e. The van der Waals surface area contributed by atoms with Crippen LogP contribution < -0.4 is 14.8 Å². The summed E-state index contributed by atoms with van der Waals surface area (Å²) >= 11 is 0. The molecule has 0 saturated carbocycles. The van der Waals surface area contributed by atoms with E-state index in [1.165, 1.54) is 0 Å². The quantitative estimate of drug-likeness (QED) is 0.719. The number of ether oxygens (including phenoxy) is 2. The van der Waals surface area contributed by atoms with Crippen LogP contribution in [-0.4, -0.2) is 27.3 Å². The maximum atomic E-state index is 5.86. The summed E-state index contributed by atoms with van der Waals surface area (Å²) in [5, 5.41) is 14.4. The molecule has 7 heteroatoms. The van der Waals surface area contributed by atoms with Crippen molar-refractivity contribution in [1.29, 1.82) is 0 Å². The zero-order chi connectivity index (χ0) is 16.8. The van der Waals surface area contributed by atoms with Crippen molar-refractivity contribution in [2.75, 3.05) is 12.4 Å². The molecule has 0 fully saturated rings. The van der Waals surface area contributed by atoms with E-state index in [2.05, 4.69) is 20.8 Å². The Morgan fingerprint density at radius 1 is 1.04 bits per heavy atom. The second kappa shape index (κ2) is 7.45. The molecule has 24 heavy (non-hydrogen) atoms. The molecular formula is C17H19N5O2. The largest absolute Gasteiger partial charge is 0.493 e. The molecule has 0 atom stereocenters. The Kier molecular flexibility index (Phi) is 4.90. The number of tetrazole rings is 1. The molecule has 1 heterocycles. The van der Waals surface area contributed by atoms with E-state index >= 15 is 0 Å². The zero-order valence-electron chi connectivity index (χ0n) is 13.6. The van der Waals surface area contributed by atoms with E-state index in [9.17, 15) is 0 Å². The van der Waals surface area contributed by atoms with E-state index in [-0.39, 0.29) is 0 Å². The Morgan fingerprint density at radius 3 is 2.58 bits per heavy atom. The average molecular weight is 325 g/mol. The van der Waals surface area contributed by atoms with Gasteiger partial charge in [-0.2, -0.15) is 0 Å². The Bertz CT molecular complexity index is 789. The number of hydrogen-bond donors (Lipinski definition) is 1. The number of aryl methyl sites for hydroxylation is 1. The van der Waals surface area contributed by atoms with Gasteiger partial charge < -0.3 is 14.8 Å². The van der Waals surface area contributed by atoms with Crippen molar-refractivity contribution in [3.8, 4) is 11.5 Å². The summed E-state index contributed by atoms with van der Waals surface area (Å²) in [7, 11) is 3.41. The van der Waals surface area contributed by atoms with Crippen LogP contribution >= 0.6 is 0 Å². The molecule has 0 unspecified atom stereocenters. The Hall–Kier alpha value is -3.09. The third kappa shape index (κ3) is 3.81. The number of anilines is 1. The minimum absolute atomic E-state index is 0.499. The van der Waals surface area contributed by atoms with Crippen LogP contribution in [-0.2, 0) is 20.2 Å². The first-order valence-corrected chi connectivity index (χ1v) is 7.56. The van der Waals surface area contributed by atoms with Crippen molar-refractivity contribution in [1.82, 2.24) is 20.2 Å².